The summed E-state index contributed by atoms with van der Waals surface area (Å²) in [4.78, 5) is 0. The first-order valence-corrected chi connectivity index (χ1v) is 25.9. The molecule has 0 bridgehead atoms. The van der Waals surface area contributed by atoms with Crippen molar-refractivity contribution in [2.75, 3.05) is 0 Å². The van der Waals surface area contributed by atoms with Crippen LogP contribution in [0.4, 0.5) is 0 Å². The summed E-state index contributed by atoms with van der Waals surface area (Å²) < 4.78 is 0. The Morgan fingerprint density at radius 2 is 0.269 bits per heavy atom. The molecule has 0 saturated carbocycles. The molecule has 0 saturated heterocycles. The third-order valence-corrected chi connectivity index (χ3v) is 29.9. The Hall–Kier alpha value is -4.42. The monoisotopic (exact) mass is 836 g/mol. The first kappa shape index (κ1) is 36.0. The molecule has 0 amide bonds. The average Bonchev–Trinajstić information content (AvgIpc) is 3.26. The van der Waals surface area contributed by atoms with Crippen LogP contribution in [0.25, 0.3) is 0 Å². The predicted molar refractivity (Wildman–Crippen MR) is 240 cm³/mol. The van der Waals surface area contributed by atoms with Gasteiger partial charge in [-0.15, -0.1) is 0 Å². The van der Waals surface area contributed by atoms with Crippen molar-refractivity contribution in [1.29, 1.82) is 0 Å². The molecule has 52 heavy (non-hydrogen) atoms. The summed E-state index contributed by atoms with van der Waals surface area (Å²) in [5, 5.41) is 4.45. The summed E-state index contributed by atoms with van der Waals surface area (Å²) in [7, 11) is 0. The van der Waals surface area contributed by atoms with Crippen molar-refractivity contribution < 1.29 is 0 Å². The molecule has 0 radical (unpaired) electrons. The Morgan fingerprint density at radius 3 is 0.365 bits per heavy atom. The number of benzene rings is 8. The van der Waals surface area contributed by atoms with Crippen molar-refractivity contribution >= 4 is 84.0 Å². The van der Waals surface area contributed by atoms with Crippen LogP contribution in [0.1, 0.15) is 0 Å². The van der Waals surface area contributed by atoms with E-state index in [9.17, 15) is 0 Å². The van der Waals surface area contributed by atoms with Crippen molar-refractivity contribution in [3.05, 3.63) is 243 Å². The van der Waals surface area contributed by atoms with Gasteiger partial charge in [0.1, 0.15) is 0 Å². The molecule has 0 N–H and O–H groups in total. The average molecular weight is 839 g/mol. The molecule has 0 spiro atoms. The molecule has 8 aromatic rings. The van der Waals surface area contributed by atoms with E-state index in [4.69, 9.17) is 0 Å². The Bertz CT molecular complexity index is 1800. The Morgan fingerprint density at radius 1 is 0.173 bits per heavy atom. The van der Waals surface area contributed by atoms with E-state index in [1.165, 1.54) is 42.4 Å². The van der Waals surface area contributed by atoms with E-state index < -0.39 is 10.6 Å². The van der Waals surface area contributed by atoms with E-state index >= 15 is 0 Å². The van der Waals surface area contributed by atoms with Crippen molar-refractivity contribution in [3.63, 3.8) is 0 Å². The normalized spacial score (nSPS) is 12.9. The molecule has 0 unspecified atom stereocenters. The first-order chi connectivity index (χ1) is 25.5. The van der Waals surface area contributed by atoms with Gasteiger partial charge in [0.25, 0.3) is 0 Å². The van der Waals surface area contributed by atoms with Crippen LogP contribution in [-0.2, 0) is 0 Å². The van der Waals surface area contributed by atoms with Gasteiger partial charge in [0.05, 0.1) is 0 Å². The zero-order valence-electron chi connectivity index (χ0n) is 28.7. The standard InChI is InChI=1S/2C24H20BrP/c2*25-26(21-13-5-1-6-14-21,22-15-7-2-8-16-22,23-17-9-3-10-18-23)24-19-11-4-12-20-24/h2*1-20H. The van der Waals surface area contributed by atoms with Crippen LogP contribution in [0.5, 0.6) is 0 Å². The zero-order valence-corrected chi connectivity index (χ0v) is 33.7. The molecule has 256 valence electrons. The van der Waals surface area contributed by atoms with Crippen LogP contribution in [0.3, 0.4) is 0 Å². The van der Waals surface area contributed by atoms with Gasteiger partial charge in [-0.2, -0.15) is 0 Å². The van der Waals surface area contributed by atoms with E-state index in [0.717, 1.165) is 0 Å². The molecule has 0 heterocycles. The van der Waals surface area contributed by atoms with Crippen LogP contribution in [-0.4, -0.2) is 0 Å². The minimum absolute atomic E-state index is 1.31. The van der Waals surface area contributed by atoms with Gasteiger partial charge in [-0.25, -0.2) is 0 Å². The van der Waals surface area contributed by atoms with Gasteiger partial charge in [0.2, 0.25) is 0 Å². The Labute approximate surface area is 324 Å². The molecule has 0 fully saturated rings. The van der Waals surface area contributed by atoms with Gasteiger partial charge in [-0.05, 0) is 0 Å². The van der Waals surface area contributed by atoms with Crippen molar-refractivity contribution in [3.8, 4) is 0 Å². The number of hydrogen-bond donors (Lipinski definition) is 0. The molecule has 0 nitrogen and oxygen atoms in total. The fourth-order valence-electron chi connectivity index (χ4n) is 7.45. The second-order valence-corrected chi connectivity index (χ2v) is 29.4. The fraction of sp³-hybridized carbons (Fsp3) is 0. The van der Waals surface area contributed by atoms with Crippen molar-refractivity contribution in [2.45, 2.75) is 0 Å². The van der Waals surface area contributed by atoms with Gasteiger partial charge in [-0.1, -0.05) is 0 Å². The van der Waals surface area contributed by atoms with Crippen LogP contribution in [0.2, 0.25) is 0 Å². The quantitative estimate of drug-likeness (QED) is 0.134. The van der Waals surface area contributed by atoms with Gasteiger partial charge >= 0.3 is 327 Å². The molecule has 0 aliphatic heterocycles. The number of halogens is 2. The van der Waals surface area contributed by atoms with E-state index in [1.54, 1.807) is 0 Å². The van der Waals surface area contributed by atoms with Crippen molar-refractivity contribution in [1.82, 2.24) is 0 Å². The Balaban J connectivity index is 0.000000162. The first-order valence-electron chi connectivity index (χ1n) is 17.4. The van der Waals surface area contributed by atoms with Gasteiger partial charge < -0.3 is 0 Å². The molecule has 4 heteroatoms. The third-order valence-electron chi connectivity index (χ3n) is 9.93. The molecule has 0 atom stereocenters. The summed E-state index contributed by atoms with van der Waals surface area (Å²) in [6, 6.07) is 86.8. The van der Waals surface area contributed by atoms with Crippen LogP contribution in [0, 0.1) is 0 Å². The van der Waals surface area contributed by atoms with E-state index in [0.29, 0.717) is 0 Å². The zero-order chi connectivity index (χ0) is 35.8. The topological polar surface area (TPSA) is 0 Å². The number of hydrogen-bond acceptors (Lipinski definition) is 0. The molecular formula is C48H40Br2P2. The molecule has 0 aliphatic carbocycles. The number of rotatable bonds is 8. The van der Waals surface area contributed by atoms with Crippen LogP contribution in [0.15, 0.2) is 243 Å². The Kier molecular flexibility index (Phi) is 10.6. The summed E-state index contributed by atoms with van der Waals surface area (Å²) in [5.74, 6) is 0. The van der Waals surface area contributed by atoms with Crippen LogP contribution < -0.4 is 42.4 Å². The molecule has 8 rings (SSSR count). The third kappa shape index (κ3) is 5.93. The van der Waals surface area contributed by atoms with E-state index in [-0.39, 0.29) is 0 Å². The fourth-order valence-corrected chi connectivity index (χ4v) is 22.6. The second kappa shape index (κ2) is 15.3. The van der Waals surface area contributed by atoms with E-state index in [1.807, 2.05) is 0 Å². The predicted octanol–water partition coefficient (Wildman–Crippen LogP) is 10.3. The maximum atomic E-state index is 4.46. The van der Waals surface area contributed by atoms with Gasteiger partial charge in [0.15, 0.2) is 0 Å². The summed E-state index contributed by atoms with van der Waals surface area (Å²) >= 11 is 8.91. The van der Waals surface area contributed by atoms with Crippen molar-refractivity contribution in [2.24, 2.45) is 0 Å². The summed E-state index contributed by atoms with van der Waals surface area (Å²) in [6.45, 7) is 0. The second-order valence-electron chi connectivity index (χ2n) is 12.7. The molecule has 0 aliphatic rings. The minimum atomic E-state index is -3.00. The van der Waals surface area contributed by atoms with Gasteiger partial charge in [0, 0.05) is 0 Å². The summed E-state index contributed by atoms with van der Waals surface area (Å²) in [6.07, 6.45) is 0. The van der Waals surface area contributed by atoms with Crippen LogP contribution >= 0.6 is 41.6 Å². The summed E-state index contributed by atoms with van der Waals surface area (Å²) in [5.41, 5.74) is 0. The van der Waals surface area contributed by atoms with E-state index in [2.05, 4.69) is 274 Å². The molecule has 0 aromatic heterocycles. The maximum absolute atomic E-state index is 4.46. The molecular weight excluding hydrogens is 798 g/mol. The van der Waals surface area contributed by atoms with Gasteiger partial charge in [-0.3, -0.25) is 0 Å². The SMILES string of the molecule is BrP(c1ccccc1)(c1ccccc1)(c1ccccc1)c1ccccc1.BrP(c1ccccc1)(c1ccccc1)(c1ccccc1)c1ccccc1. The molecule has 8 aromatic carbocycles.